The van der Waals surface area contributed by atoms with Crippen molar-refractivity contribution in [2.45, 2.75) is 13.2 Å². The summed E-state index contributed by atoms with van der Waals surface area (Å²) in [4.78, 5) is 12.6. The van der Waals surface area contributed by atoms with Gasteiger partial charge in [-0.25, -0.2) is 13.8 Å². The fraction of sp³-hybridized carbons (Fsp3) is 0.103. The first-order valence-electron chi connectivity index (χ1n) is 11.7. The minimum atomic E-state index is -3.60. The number of halogens is 1. The van der Waals surface area contributed by atoms with Gasteiger partial charge in [-0.05, 0) is 53.6 Å². The molecule has 0 aromatic heterocycles. The van der Waals surface area contributed by atoms with Gasteiger partial charge in [-0.1, -0.05) is 72.3 Å². The Kier molecular flexibility index (Phi) is 8.78. The highest BCUT2D eigenvalue weighted by molar-refractivity contribution is 7.92. The van der Waals surface area contributed by atoms with E-state index in [0.29, 0.717) is 39.8 Å². The lowest BCUT2D eigenvalue weighted by molar-refractivity contribution is 0.0955. The molecular formula is C29H26ClN3O4S. The molecule has 0 atom stereocenters. The molecule has 194 valence electrons. The molecule has 1 N–H and O–H groups in total. The van der Waals surface area contributed by atoms with E-state index in [9.17, 15) is 13.2 Å². The quantitative estimate of drug-likeness (QED) is 0.205. The summed E-state index contributed by atoms with van der Waals surface area (Å²) in [5.41, 5.74) is 5.66. The van der Waals surface area contributed by atoms with Crippen LogP contribution in [0.2, 0.25) is 5.02 Å². The molecule has 38 heavy (non-hydrogen) atoms. The lowest BCUT2D eigenvalue weighted by Gasteiger charge is -2.23. The van der Waals surface area contributed by atoms with Crippen LogP contribution in [0.4, 0.5) is 5.69 Å². The number of hydrogen-bond acceptors (Lipinski definition) is 5. The smallest absolute Gasteiger partial charge is 0.271 e. The van der Waals surface area contributed by atoms with Crippen molar-refractivity contribution in [3.63, 3.8) is 0 Å². The summed E-state index contributed by atoms with van der Waals surface area (Å²) in [6, 6.07) is 30.5. The first-order valence-corrected chi connectivity index (χ1v) is 13.9. The normalized spacial score (nSPS) is 11.3. The SMILES string of the molecule is CS(=O)(=O)N(Cc1ccccc1Cl)c1ccc(C(=O)N/N=C/c2ccccc2OCc2ccccc2)cc1. The zero-order valence-electron chi connectivity index (χ0n) is 20.6. The summed E-state index contributed by atoms with van der Waals surface area (Å²) < 4.78 is 32.1. The third kappa shape index (κ3) is 7.21. The van der Waals surface area contributed by atoms with Gasteiger partial charge < -0.3 is 4.74 Å². The summed E-state index contributed by atoms with van der Waals surface area (Å²) in [6.07, 6.45) is 2.64. The summed E-state index contributed by atoms with van der Waals surface area (Å²) in [7, 11) is -3.60. The van der Waals surface area contributed by atoms with Crippen LogP contribution in [0, 0.1) is 0 Å². The van der Waals surface area contributed by atoms with Crippen molar-refractivity contribution in [1.82, 2.24) is 5.43 Å². The molecule has 0 aliphatic heterocycles. The lowest BCUT2D eigenvalue weighted by atomic mass is 10.2. The highest BCUT2D eigenvalue weighted by atomic mass is 35.5. The van der Waals surface area contributed by atoms with Crippen LogP contribution in [0.15, 0.2) is 108 Å². The number of anilines is 1. The van der Waals surface area contributed by atoms with Crippen molar-refractivity contribution in [3.8, 4) is 5.75 Å². The van der Waals surface area contributed by atoms with E-state index in [1.54, 1.807) is 48.5 Å². The van der Waals surface area contributed by atoms with Gasteiger partial charge in [-0.3, -0.25) is 9.10 Å². The second-order valence-electron chi connectivity index (χ2n) is 8.42. The molecule has 4 aromatic rings. The Morgan fingerprint density at radius 1 is 0.921 bits per heavy atom. The Bertz CT molecular complexity index is 1530. The van der Waals surface area contributed by atoms with Crippen molar-refractivity contribution in [2.75, 3.05) is 10.6 Å². The second kappa shape index (κ2) is 12.4. The maximum Gasteiger partial charge on any atom is 0.271 e. The molecule has 0 aliphatic carbocycles. The molecule has 4 aromatic carbocycles. The van der Waals surface area contributed by atoms with Gasteiger partial charge in [0.05, 0.1) is 24.7 Å². The van der Waals surface area contributed by atoms with E-state index in [4.69, 9.17) is 16.3 Å². The molecule has 0 saturated carbocycles. The number of carbonyl (C=O) groups excluding carboxylic acids is 1. The van der Waals surface area contributed by atoms with Crippen LogP contribution in [-0.2, 0) is 23.2 Å². The maximum atomic E-state index is 12.6. The monoisotopic (exact) mass is 547 g/mol. The first kappa shape index (κ1) is 26.9. The van der Waals surface area contributed by atoms with E-state index >= 15 is 0 Å². The van der Waals surface area contributed by atoms with E-state index in [1.807, 2.05) is 54.6 Å². The van der Waals surface area contributed by atoms with E-state index in [1.165, 1.54) is 10.5 Å². The Balaban J connectivity index is 1.41. The molecule has 0 aliphatic rings. The number of benzene rings is 4. The highest BCUT2D eigenvalue weighted by Gasteiger charge is 2.19. The van der Waals surface area contributed by atoms with Crippen LogP contribution < -0.4 is 14.5 Å². The van der Waals surface area contributed by atoms with Crippen LogP contribution in [0.3, 0.4) is 0 Å². The molecule has 0 saturated heterocycles. The molecular weight excluding hydrogens is 522 g/mol. The molecule has 0 spiro atoms. The predicted octanol–water partition coefficient (Wildman–Crippen LogP) is 5.65. The van der Waals surface area contributed by atoms with Crippen molar-refractivity contribution >= 4 is 39.4 Å². The summed E-state index contributed by atoms with van der Waals surface area (Å²) in [6.45, 7) is 0.478. The van der Waals surface area contributed by atoms with Gasteiger partial charge in [0.2, 0.25) is 10.0 Å². The molecule has 0 radical (unpaired) electrons. The van der Waals surface area contributed by atoms with Crippen LogP contribution in [0.25, 0.3) is 0 Å². The molecule has 0 heterocycles. The average Bonchev–Trinajstić information content (AvgIpc) is 2.92. The second-order valence-corrected chi connectivity index (χ2v) is 10.7. The third-order valence-electron chi connectivity index (χ3n) is 5.62. The molecule has 7 nitrogen and oxygen atoms in total. The number of para-hydroxylation sites is 1. The van der Waals surface area contributed by atoms with Gasteiger partial charge in [0.25, 0.3) is 5.91 Å². The van der Waals surface area contributed by atoms with Gasteiger partial charge in [0.15, 0.2) is 0 Å². The highest BCUT2D eigenvalue weighted by Crippen LogP contribution is 2.24. The molecule has 1 amide bonds. The fourth-order valence-corrected chi connectivity index (χ4v) is 4.71. The zero-order valence-corrected chi connectivity index (χ0v) is 22.2. The first-order chi connectivity index (χ1) is 18.3. The van der Waals surface area contributed by atoms with Crippen molar-refractivity contribution < 1.29 is 17.9 Å². The number of hydrogen-bond donors (Lipinski definition) is 1. The van der Waals surface area contributed by atoms with Crippen LogP contribution in [0.5, 0.6) is 5.75 Å². The van der Waals surface area contributed by atoms with Crippen molar-refractivity contribution in [3.05, 3.63) is 130 Å². The van der Waals surface area contributed by atoms with Gasteiger partial charge in [0.1, 0.15) is 12.4 Å². The molecule has 4 rings (SSSR count). The number of hydrazone groups is 1. The predicted molar refractivity (Wildman–Crippen MR) is 151 cm³/mol. The minimum Gasteiger partial charge on any atom is -0.488 e. The van der Waals surface area contributed by atoms with Gasteiger partial charge in [-0.15, -0.1) is 0 Å². The zero-order chi connectivity index (χ0) is 27.0. The van der Waals surface area contributed by atoms with E-state index < -0.39 is 15.9 Å². The summed E-state index contributed by atoms with van der Waals surface area (Å²) >= 11 is 6.23. The Morgan fingerprint density at radius 2 is 1.58 bits per heavy atom. The standard InChI is InChI=1S/C29H26ClN3O4S/c1-38(35,36)33(20-25-12-5-7-13-27(25)30)26-17-15-23(16-18-26)29(34)32-31-19-24-11-6-8-14-28(24)37-21-22-9-3-2-4-10-22/h2-19H,20-21H2,1H3,(H,32,34)/b31-19+. The maximum absolute atomic E-state index is 12.6. The molecule has 0 unspecified atom stereocenters. The van der Waals surface area contributed by atoms with E-state index in [-0.39, 0.29) is 6.54 Å². The van der Waals surface area contributed by atoms with Crippen molar-refractivity contribution in [2.24, 2.45) is 5.10 Å². The molecule has 9 heteroatoms. The largest absolute Gasteiger partial charge is 0.488 e. The number of sulfonamides is 1. The number of carbonyl (C=O) groups is 1. The summed E-state index contributed by atoms with van der Waals surface area (Å²) in [5.74, 6) is 0.200. The van der Waals surface area contributed by atoms with Crippen LogP contribution in [0.1, 0.15) is 27.0 Å². The van der Waals surface area contributed by atoms with E-state index in [0.717, 1.165) is 11.8 Å². The number of rotatable bonds is 10. The van der Waals surface area contributed by atoms with Crippen molar-refractivity contribution in [1.29, 1.82) is 0 Å². The van der Waals surface area contributed by atoms with Gasteiger partial charge in [-0.2, -0.15) is 5.10 Å². The fourth-order valence-electron chi connectivity index (χ4n) is 3.64. The van der Waals surface area contributed by atoms with Crippen LogP contribution >= 0.6 is 11.6 Å². The van der Waals surface area contributed by atoms with Crippen LogP contribution in [-0.4, -0.2) is 26.8 Å². The third-order valence-corrected chi connectivity index (χ3v) is 7.12. The Hall–Kier alpha value is -4.14. The topological polar surface area (TPSA) is 88.1 Å². The number of nitrogens with zero attached hydrogens (tertiary/aromatic N) is 2. The number of nitrogens with one attached hydrogen (secondary N) is 1. The minimum absolute atomic E-state index is 0.0695. The van der Waals surface area contributed by atoms with Gasteiger partial charge in [0, 0.05) is 16.1 Å². The Morgan fingerprint density at radius 3 is 2.29 bits per heavy atom. The van der Waals surface area contributed by atoms with E-state index in [2.05, 4.69) is 10.5 Å². The lowest BCUT2D eigenvalue weighted by Crippen LogP contribution is -2.29. The number of ether oxygens (including phenoxy) is 1. The molecule has 0 bridgehead atoms. The number of amides is 1. The average molecular weight is 548 g/mol. The Labute approximate surface area is 227 Å². The molecule has 0 fully saturated rings. The van der Waals surface area contributed by atoms with Gasteiger partial charge >= 0.3 is 0 Å². The summed E-state index contributed by atoms with van der Waals surface area (Å²) in [5, 5.41) is 4.54.